The van der Waals surface area contributed by atoms with Gasteiger partial charge in [-0.3, -0.25) is 0 Å². The van der Waals surface area contributed by atoms with Crippen LogP contribution in [-0.2, 0) is 170 Å². The molecular weight excluding hydrogens is 1360 g/mol. The van der Waals surface area contributed by atoms with Crippen LogP contribution in [0.1, 0.15) is 71.6 Å². The number of amides is 2. The summed E-state index contributed by atoms with van der Waals surface area (Å²) >= 11 is 0. The number of nitrogens with zero attached hydrogens (tertiary/aromatic N) is 2. The van der Waals surface area contributed by atoms with Crippen LogP contribution in [0.2, 0.25) is 0 Å². The van der Waals surface area contributed by atoms with E-state index in [1.807, 2.05) is 12.8 Å². The van der Waals surface area contributed by atoms with E-state index in [0.717, 1.165) is 44.7 Å². The Hall–Kier alpha value is 4.22. The van der Waals surface area contributed by atoms with Crippen LogP contribution in [0.25, 0.3) is 0 Å². The molecule has 3 heterocycles. The van der Waals surface area contributed by atoms with E-state index in [9.17, 15) is 9.59 Å². The van der Waals surface area contributed by atoms with Gasteiger partial charge in [0.05, 0.1) is 0 Å². The molecule has 1 saturated carbocycles. The SMILES string of the molecule is C.O=[C-]O.[CH2-]C1CCCC1.[CH2-]C1CCCN1.[CH2-]C1CCCN1[C-]=O.[CH2-]C1CCCN1[C-]=O.[CH2-]P.[CH2-]P.[CH3-].[CH3-].[CH3-].[CH3-].[CH3-].[V+2].[V+2].[V+2].[V].[V].[W+2].[W+2].[W+2]. The van der Waals surface area contributed by atoms with Gasteiger partial charge in [-0.2, -0.15) is 18.7 Å². The van der Waals surface area contributed by atoms with Gasteiger partial charge in [0.1, 0.15) is 0 Å². The van der Waals surface area contributed by atoms with Gasteiger partial charge in [0.2, 0.25) is 0 Å². The van der Waals surface area contributed by atoms with E-state index in [2.05, 4.69) is 64.8 Å². The Kier molecular flexibility index (Phi) is 201. The topological polar surface area (TPSA) is 89.9 Å². The van der Waals surface area contributed by atoms with Gasteiger partial charge in [-0.05, 0) is 38.9 Å². The fraction of sp³-hybridized carbons (Fsp3) is 0.562. The van der Waals surface area contributed by atoms with Crippen LogP contribution in [-0.4, -0.2) is 72.0 Å². The second-order valence-corrected chi connectivity index (χ2v) is 8.20. The molecule has 3 aliphatic heterocycles. The number of hydrogen-bond acceptors (Lipinski definition) is 4. The minimum atomic E-state index is 0. The molecule has 0 spiro atoms. The van der Waals surface area contributed by atoms with Gasteiger partial charge in [-0.1, -0.05) is 58.8 Å². The normalized spacial score (nSPS) is 17.2. The largest absolute Gasteiger partial charge is 2.00 e. The predicted octanol–water partition coefficient (Wildman–Crippen LogP) is 7.07. The maximum Gasteiger partial charge on any atom is 2.00 e. The van der Waals surface area contributed by atoms with Crippen molar-refractivity contribution in [2.75, 3.05) is 19.6 Å². The third-order valence-electron chi connectivity index (χ3n) is 5.63. The zero-order valence-corrected chi connectivity index (χ0v) is 48.0. The zero-order valence-electron chi connectivity index (χ0n) is 29.9. The van der Waals surface area contributed by atoms with Crippen molar-refractivity contribution in [2.24, 2.45) is 5.92 Å². The fourth-order valence-corrected chi connectivity index (χ4v) is 3.68. The van der Waals surface area contributed by atoms with Gasteiger partial charge in [0.25, 0.3) is 0 Å². The molecule has 2 amide bonds. The number of carbonyl (C=O) groups excluding carboxylic acids is 2. The average Bonchev–Trinajstić information content (AvgIpc) is 3.69. The summed E-state index contributed by atoms with van der Waals surface area (Å²) in [4.78, 5) is 31.4. The summed E-state index contributed by atoms with van der Waals surface area (Å²) in [6.45, 7) is 25.0. The number of rotatable bonds is 2. The predicted molar refractivity (Wildman–Crippen MR) is 193 cm³/mol. The van der Waals surface area contributed by atoms with E-state index in [0.29, 0.717) is 12.5 Å². The van der Waals surface area contributed by atoms with E-state index in [1.54, 1.807) is 9.80 Å². The molecule has 0 aromatic rings. The van der Waals surface area contributed by atoms with Gasteiger partial charge >= 0.3 is 119 Å². The van der Waals surface area contributed by atoms with Crippen LogP contribution < -0.4 is 5.32 Å². The Morgan fingerprint density at radius 2 is 0.878 bits per heavy atom. The van der Waals surface area contributed by atoms with Gasteiger partial charge in [0, 0.05) is 37.1 Å². The van der Waals surface area contributed by atoms with Crippen LogP contribution in [0, 0.1) is 84.1 Å². The number of likely N-dealkylation sites (tertiary alicyclic amines) is 2. The minimum Gasteiger partial charge on any atom is -0.665 e. The molecule has 4 fully saturated rings. The number of nitrogens with one attached hydrogen (secondary N) is 1. The number of hydrogen-bond donors (Lipinski definition) is 2. The average molecular weight is 1430 g/mol. The van der Waals surface area contributed by atoms with Crippen molar-refractivity contribution < 1.29 is 175 Å². The Balaban J connectivity index is -0.0000000161. The van der Waals surface area contributed by atoms with E-state index in [4.69, 9.17) is 9.90 Å². The summed E-state index contributed by atoms with van der Waals surface area (Å²) in [5, 5.41) is 9.97. The van der Waals surface area contributed by atoms with E-state index in [-0.39, 0.29) is 213 Å². The van der Waals surface area contributed by atoms with Crippen LogP contribution in [0.3, 0.4) is 0 Å². The quantitative estimate of drug-likeness (QED) is 0.228. The summed E-state index contributed by atoms with van der Waals surface area (Å²) in [5.74, 6) is 0.796. The summed E-state index contributed by atoms with van der Waals surface area (Å²) in [7, 11) is 4.33. The van der Waals surface area contributed by atoms with Crippen molar-refractivity contribution >= 4 is 37.8 Å². The molecule has 0 bridgehead atoms. The standard InChI is InChI=1S/2C6H9NO.C6H11.C5H10N.CHO2.2CH4P.CH4.5CH3.5V.3W/c2*1-6-3-2-4-7(6)5-8;1-6-4-2-3-5-6;1-5-3-2-4-6-5;2-1-3;2*1-2;;;;;;;;;;;;;;/h2*6H,1-4H2;6H,1-5H2;5-6H,1-4H2;(H,2,3);2*1-2H2;1H4;5*1H3;;;;;;;;/q2*-2;5*-1;;5*-1;;;6*+2. The first-order valence-electron chi connectivity index (χ1n) is 12.1. The maximum atomic E-state index is 9.98. The molecule has 3 saturated heterocycles. The summed E-state index contributed by atoms with van der Waals surface area (Å²) in [6, 6.07) is 0.921. The summed E-state index contributed by atoms with van der Waals surface area (Å²) in [6.07, 6.45) is 16.1. The van der Waals surface area contributed by atoms with Crippen molar-refractivity contribution in [1.82, 2.24) is 15.1 Å². The van der Waals surface area contributed by atoms with Crippen LogP contribution in [0.5, 0.6) is 0 Å². The van der Waals surface area contributed by atoms with Crippen molar-refractivity contribution in [3.63, 3.8) is 0 Å². The van der Waals surface area contributed by atoms with Crippen LogP contribution >= 0.6 is 18.5 Å². The fourth-order valence-electron chi connectivity index (χ4n) is 3.68. The smallest absolute Gasteiger partial charge is 0.665 e. The first kappa shape index (κ1) is 111. The van der Waals surface area contributed by atoms with Gasteiger partial charge in [-0.25, -0.2) is 0 Å². The Labute approximate surface area is 416 Å². The molecule has 4 aliphatic rings. The second kappa shape index (κ2) is 89.1. The zero-order chi connectivity index (χ0) is 27.5. The monoisotopic (exact) mass is 1430 g/mol. The number of aliphatic hydroxyl groups excluding tert-OH is 1. The van der Waals surface area contributed by atoms with E-state index in [1.165, 1.54) is 45.1 Å². The molecular formula is C32H67N3O4P2V5W3-2. The van der Waals surface area contributed by atoms with E-state index < -0.39 is 0 Å². The van der Waals surface area contributed by atoms with Gasteiger partial charge in [0.15, 0.2) is 0 Å². The first-order chi connectivity index (χ1) is 16.9. The molecule has 7 nitrogen and oxygen atoms in total. The molecule has 5 radical (unpaired) electrons. The maximum absolute atomic E-state index is 9.98. The molecule has 289 valence electrons. The molecule has 17 heteroatoms. The summed E-state index contributed by atoms with van der Waals surface area (Å²) < 4.78 is 0. The van der Waals surface area contributed by atoms with Crippen LogP contribution in [0.15, 0.2) is 0 Å². The molecule has 5 unspecified atom stereocenters. The second-order valence-electron chi connectivity index (χ2n) is 8.20. The molecule has 5 atom stereocenters. The van der Waals surface area contributed by atoms with Crippen molar-refractivity contribution in [2.45, 2.75) is 89.8 Å². The van der Waals surface area contributed by atoms with Crippen molar-refractivity contribution in [1.29, 1.82) is 0 Å². The minimum absolute atomic E-state index is 0. The summed E-state index contributed by atoms with van der Waals surface area (Å²) in [5.41, 5.74) is 0. The molecule has 2 N–H and O–H groups in total. The molecule has 1 aliphatic carbocycles. The third kappa shape index (κ3) is 73.9. The van der Waals surface area contributed by atoms with E-state index >= 15 is 0 Å². The Bertz CT molecular complexity index is 467. The van der Waals surface area contributed by atoms with Gasteiger partial charge < -0.3 is 131 Å². The van der Waals surface area contributed by atoms with Crippen LogP contribution in [0.4, 0.5) is 0 Å². The first-order valence-corrected chi connectivity index (χ1v) is 13.7. The van der Waals surface area contributed by atoms with Gasteiger partial charge in [-0.15, -0.1) is 18.1 Å². The van der Waals surface area contributed by atoms with Crippen molar-refractivity contribution in [3.8, 4) is 0 Å². The molecule has 49 heavy (non-hydrogen) atoms. The molecule has 4 rings (SSSR count). The molecule has 0 aromatic heterocycles. The molecule has 0 aromatic carbocycles. The van der Waals surface area contributed by atoms with Crippen molar-refractivity contribution in [3.05, 3.63) is 78.2 Å². The Morgan fingerprint density at radius 1 is 0.592 bits per heavy atom. The Morgan fingerprint density at radius 3 is 0.959 bits per heavy atom. The third-order valence-corrected chi connectivity index (χ3v) is 5.63.